The lowest BCUT2D eigenvalue weighted by atomic mass is 9.79. The molecule has 0 aromatic heterocycles. The van der Waals surface area contributed by atoms with Gasteiger partial charge in [-0.1, -0.05) is 25.0 Å². The summed E-state index contributed by atoms with van der Waals surface area (Å²) in [6.07, 6.45) is 16.0. The summed E-state index contributed by atoms with van der Waals surface area (Å²) in [5, 5.41) is 0. The molecule has 4 atom stereocenters. The Hall–Kier alpha value is -0.340. The van der Waals surface area contributed by atoms with Gasteiger partial charge in [0.05, 0.1) is 0 Å². The first-order valence-corrected chi connectivity index (χ1v) is 8.95. The second-order valence-electron chi connectivity index (χ2n) is 7.40. The Labute approximate surface area is 124 Å². The molecule has 3 aliphatic rings. The highest BCUT2D eigenvalue weighted by molar-refractivity contribution is 5.06. The van der Waals surface area contributed by atoms with Gasteiger partial charge in [0, 0.05) is 24.7 Å². The van der Waals surface area contributed by atoms with Gasteiger partial charge in [-0.25, -0.2) is 0 Å². The molecular formula is C18H32N2. The Morgan fingerprint density at radius 3 is 2.60 bits per heavy atom. The molecular weight excluding hydrogens is 244 g/mol. The van der Waals surface area contributed by atoms with Crippen molar-refractivity contribution in [3.8, 4) is 0 Å². The maximum absolute atomic E-state index is 6.25. The van der Waals surface area contributed by atoms with E-state index in [9.17, 15) is 0 Å². The van der Waals surface area contributed by atoms with E-state index in [2.05, 4.69) is 17.9 Å². The number of nitrogens with zero attached hydrogens (tertiary/aromatic N) is 1. The molecule has 2 aliphatic heterocycles. The summed E-state index contributed by atoms with van der Waals surface area (Å²) in [4.78, 5) is 2.87. The Bertz CT molecular complexity index is 335. The zero-order chi connectivity index (χ0) is 13.9. The monoisotopic (exact) mass is 276 g/mol. The predicted octanol–water partition coefficient (Wildman–Crippen LogP) is 3.86. The number of hydrogen-bond acceptors (Lipinski definition) is 2. The molecule has 0 spiro atoms. The van der Waals surface area contributed by atoms with Crippen LogP contribution in [0.4, 0.5) is 0 Å². The molecule has 2 heterocycles. The van der Waals surface area contributed by atoms with E-state index >= 15 is 0 Å². The van der Waals surface area contributed by atoms with Crippen LogP contribution in [0.15, 0.2) is 11.6 Å². The summed E-state index contributed by atoms with van der Waals surface area (Å²) in [6.45, 7) is 3.62. The molecule has 1 aliphatic carbocycles. The van der Waals surface area contributed by atoms with Crippen molar-refractivity contribution in [3.05, 3.63) is 11.6 Å². The van der Waals surface area contributed by atoms with Crippen LogP contribution in [0.25, 0.3) is 0 Å². The lowest BCUT2D eigenvalue weighted by Crippen LogP contribution is -2.56. The first-order chi connectivity index (χ1) is 9.76. The van der Waals surface area contributed by atoms with Crippen molar-refractivity contribution in [1.29, 1.82) is 0 Å². The third-order valence-corrected chi connectivity index (χ3v) is 5.79. The van der Waals surface area contributed by atoms with E-state index < -0.39 is 0 Å². The standard InChI is InChI=1S/C18H32N2/c1-2-5-14-6-3-7-15(10-14)13-20-17-8-4-9-18(20)12-16(19)11-17/h5,15-18H,2-4,6-13,19H2,1H3/b14-5-/t15?,16?,17-,18+. The second-order valence-corrected chi connectivity index (χ2v) is 7.40. The summed E-state index contributed by atoms with van der Waals surface area (Å²) < 4.78 is 0. The van der Waals surface area contributed by atoms with Gasteiger partial charge in [-0.3, -0.25) is 4.90 Å². The van der Waals surface area contributed by atoms with Crippen LogP contribution in [0.1, 0.15) is 71.1 Å². The van der Waals surface area contributed by atoms with Gasteiger partial charge < -0.3 is 5.73 Å². The fourth-order valence-corrected chi connectivity index (χ4v) is 4.94. The molecule has 2 bridgehead atoms. The molecule has 2 nitrogen and oxygen atoms in total. The van der Waals surface area contributed by atoms with Gasteiger partial charge in [0.2, 0.25) is 0 Å². The molecule has 3 fully saturated rings. The van der Waals surface area contributed by atoms with Crippen molar-refractivity contribution in [2.45, 2.75) is 89.3 Å². The zero-order valence-electron chi connectivity index (χ0n) is 13.2. The largest absolute Gasteiger partial charge is 0.328 e. The molecule has 2 unspecified atom stereocenters. The lowest BCUT2D eigenvalue weighted by Gasteiger charge is -2.49. The summed E-state index contributed by atoms with van der Waals surface area (Å²) >= 11 is 0. The summed E-state index contributed by atoms with van der Waals surface area (Å²) in [6, 6.07) is 2.08. The Morgan fingerprint density at radius 1 is 1.15 bits per heavy atom. The molecule has 2 N–H and O–H groups in total. The highest BCUT2D eigenvalue weighted by atomic mass is 15.2. The van der Waals surface area contributed by atoms with Crippen LogP contribution in [-0.4, -0.2) is 29.6 Å². The van der Waals surface area contributed by atoms with E-state index in [0.717, 1.165) is 18.0 Å². The van der Waals surface area contributed by atoms with Crippen molar-refractivity contribution >= 4 is 0 Å². The maximum atomic E-state index is 6.25. The molecule has 2 saturated heterocycles. The molecule has 0 aromatic carbocycles. The minimum atomic E-state index is 0.475. The van der Waals surface area contributed by atoms with Gasteiger partial charge in [-0.05, 0) is 63.7 Å². The van der Waals surface area contributed by atoms with Crippen molar-refractivity contribution in [2.24, 2.45) is 11.7 Å². The average Bonchev–Trinajstić information content (AvgIpc) is 2.41. The minimum absolute atomic E-state index is 0.475. The topological polar surface area (TPSA) is 29.3 Å². The van der Waals surface area contributed by atoms with E-state index in [-0.39, 0.29) is 0 Å². The predicted molar refractivity (Wildman–Crippen MR) is 85.7 cm³/mol. The minimum Gasteiger partial charge on any atom is -0.328 e. The van der Waals surface area contributed by atoms with E-state index in [1.165, 1.54) is 70.8 Å². The average molecular weight is 276 g/mol. The molecule has 0 aromatic rings. The third-order valence-electron chi connectivity index (χ3n) is 5.79. The molecule has 3 rings (SSSR count). The Morgan fingerprint density at radius 2 is 1.90 bits per heavy atom. The normalized spacial score (nSPS) is 41.0. The first-order valence-electron chi connectivity index (χ1n) is 8.95. The van der Waals surface area contributed by atoms with Crippen molar-refractivity contribution < 1.29 is 0 Å². The third kappa shape index (κ3) is 3.28. The molecule has 0 radical (unpaired) electrons. The van der Waals surface area contributed by atoms with Crippen LogP contribution in [0.2, 0.25) is 0 Å². The number of piperidine rings is 2. The first kappa shape index (κ1) is 14.6. The fraction of sp³-hybridized carbons (Fsp3) is 0.889. The van der Waals surface area contributed by atoms with Crippen molar-refractivity contribution in [1.82, 2.24) is 4.90 Å². The van der Waals surface area contributed by atoms with Crippen molar-refractivity contribution in [3.63, 3.8) is 0 Å². The quantitative estimate of drug-likeness (QED) is 0.793. The van der Waals surface area contributed by atoms with Gasteiger partial charge >= 0.3 is 0 Å². The fourth-order valence-electron chi connectivity index (χ4n) is 4.94. The van der Waals surface area contributed by atoms with Gasteiger partial charge in [0.1, 0.15) is 0 Å². The maximum Gasteiger partial charge on any atom is 0.0113 e. The van der Waals surface area contributed by atoms with Gasteiger partial charge in [0.25, 0.3) is 0 Å². The Kier molecular flexibility index (Phi) is 4.83. The second kappa shape index (κ2) is 6.62. The van der Waals surface area contributed by atoms with Crippen LogP contribution in [0.3, 0.4) is 0 Å². The van der Waals surface area contributed by atoms with Gasteiger partial charge in [-0.15, -0.1) is 0 Å². The van der Waals surface area contributed by atoms with E-state index in [1.807, 2.05) is 0 Å². The Balaban J connectivity index is 1.60. The number of fused-ring (bicyclic) bond motifs is 2. The highest BCUT2D eigenvalue weighted by Gasteiger charge is 2.38. The van der Waals surface area contributed by atoms with Gasteiger partial charge in [0.15, 0.2) is 0 Å². The van der Waals surface area contributed by atoms with Crippen LogP contribution >= 0.6 is 0 Å². The zero-order valence-corrected chi connectivity index (χ0v) is 13.2. The van der Waals surface area contributed by atoms with Crippen LogP contribution in [-0.2, 0) is 0 Å². The molecule has 0 amide bonds. The molecule has 1 saturated carbocycles. The summed E-state index contributed by atoms with van der Waals surface area (Å²) in [5.41, 5.74) is 7.98. The van der Waals surface area contributed by atoms with E-state index in [1.54, 1.807) is 5.57 Å². The number of hydrogen-bond donors (Lipinski definition) is 1. The van der Waals surface area contributed by atoms with E-state index in [4.69, 9.17) is 5.73 Å². The summed E-state index contributed by atoms with van der Waals surface area (Å²) in [7, 11) is 0. The highest BCUT2D eigenvalue weighted by Crippen LogP contribution is 2.37. The molecule has 114 valence electrons. The van der Waals surface area contributed by atoms with Crippen LogP contribution in [0, 0.1) is 5.92 Å². The number of allylic oxidation sites excluding steroid dienone is 2. The van der Waals surface area contributed by atoms with E-state index in [0.29, 0.717) is 6.04 Å². The lowest BCUT2D eigenvalue weighted by molar-refractivity contribution is 0.0160. The van der Waals surface area contributed by atoms with Gasteiger partial charge in [-0.2, -0.15) is 0 Å². The van der Waals surface area contributed by atoms with Crippen molar-refractivity contribution in [2.75, 3.05) is 6.54 Å². The SMILES string of the molecule is CC/C=C1/CCCC(CN2[C@@H]3CCC[C@H]2CC(N)C3)C1. The smallest absolute Gasteiger partial charge is 0.0113 e. The number of rotatable bonds is 3. The number of nitrogens with two attached hydrogens (primary N) is 1. The summed E-state index contributed by atoms with van der Waals surface area (Å²) in [5.74, 6) is 0.916. The molecule has 20 heavy (non-hydrogen) atoms. The molecule has 2 heteroatoms. The van der Waals surface area contributed by atoms with Crippen LogP contribution in [0.5, 0.6) is 0 Å². The van der Waals surface area contributed by atoms with Crippen LogP contribution < -0.4 is 5.73 Å².